The first-order chi connectivity index (χ1) is 8.91. The molecule has 7 heteroatoms. The first-order valence-corrected chi connectivity index (χ1v) is 5.82. The van der Waals surface area contributed by atoms with Crippen molar-refractivity contribution in [2.45, 2.75) is 25.8 Å². The Morgan fingerprint density at radius 3 is 2.74 bits per heavy atom. The minimum Gasteiger partial charge on any atom is -0.481 e. The smallest absolute Gasteiger partial charge is 0.303 e. The van der Waals surface area contributed by atoms with Gasteiger partial charge in [-0.05, 0) is 18.6 Å². The number of rotatable bonds is 7. The molecule has 1 aromatic rings. The van der Waals surface area contributed by atoms with Crippen molar-refractivity contribution >= 4 is 11.9 Å². The summed E-state index contributed by atoms with van der Waals surface area (Å²) in [6, 6.07) is 3.00. The number of hydrogen-bond donors (Lipinski definition) is 1. The van der Waals surface area contributed by atoms with Crippen molar-refractivity contribution < 1.29 is 23.5 Å². The van der Waals surface area contributed by atoms with Crippen molar-refractivity contribution in [3.8, 4) is 0 Å². The fourth-order valence-corrected chi connectivity index (χ4v) is 1.68. The van der Waals surface area contributed by atoms with Crippen LogP contribution in [0.4, 0.5) is 8.78 Å². The maximum Gasteiger partial charge on any atom is 0.303 e. The van der Waals surface area contributed by atoms with Crippen LogP contribution in [0, 0.1) is 0 Å². The van der Waals surface area contributed by atoms with Gasteiger partial charge in [0.2, 0.25) is 0 Å². The number of nitrogens with zero attached hydrogens (tertiary/aromatic N) is 2. The molecule has 19 heavy (non-hydrogen) atoms. The summed E-state index contributed by atoms with van der Waals surface area (Å²) in [5, 5.41) is 8.50. The Bertz CT molecular complexity index is 446. The maximum absolute atomic E-state index is 12.3. The van der Waals surface area contributed by atoms with E-state index >= 15 is 0 Å². The molecule has 1 heterocycles. The molecule has 1 N–H and O–H groups in total. The minimum absolute atomic E-state index is 0.0321. The Labute approximate surface area is 109 Å². The van der Waals surface area contributed by atoms with E-state index in [4.69, 9.17) is 5.11 Å². The molecule has 106 valence electrons. The average molecular weight is 274 g/mol. The zero-order chi connectivity index (χ0) is 14.4. The second-order valence-corrected chi connectivity index (χ2v) is 4.16. The Kier molecular flexibility index (Phi) is 5.47. The average Bonchev–Trinajstić information content (AvgIpc) is 2.74. The molecule has 0 saturated carbocycles. The van der Waals surface area contributed by atoms with Gasteiger partial charge < -0.3 is 14.6 Å². The lowest BCUT2D eigenvalue weighted by Gasteiger charge is -2.18. The molecule has 0 saturated heterocycles. The van der Waals surface area contributed by atoms with Crippen LogP contribution in [-0.4, -0.2) is 46.5 Å². The van der Waals surface area contributed by atoms with E-state index in [1.807, 2.05) is 0 Å². The van der Waals surface area contributed by atoms with Crippen molar-refractivity contribution in [3.05, 3.63) is 24.0 Å². The number of aromatic nitrogens is 1. The van der Waals surface area contributed by atoms with Crippen molar-refractivity contribution in [2.24, 2.45) is 0 Å². The third kappa shape index (κ3) is 4.69. The van der Waals surface area contributed by atoms with Crippen molar-refractivity contribution in [1.82, 2.24) is 9.47 Å². The van der Waals surface area contributed by atoms with Crippen LogP contribution in [0.1, 0.15) is 23.3 Å². The second kappa shape index (κ2) is 6.86. The van der Waals surface area contributed by atoms with Gasteiger partial charge in [0.05, 0.1) is 6.54 Å². The maximum atomic E-state index is 12.3. The summed E-state index contributed by atoms with van der Waals surface area (Å²) in [4.78, 5) is 23.7. The van der Waals surface area contributed by atoms with Gasteiger partial charge >= 0.3 is 5.97 Å². The topological polar surface area (TPSA) is 62.5 Å². The molecule has 1 aromatic heterocycles. The lowest BCUT2D eigenvalue weighted by Crippen LogP contribution is -2.30. The molecular weight excluding hydrogens is 258 g/mol. The zero-order valence-electron chi connectivity index (χ0n) is 10.6. The highest BCUT2D eigenvalue weighted by Gasteiger charge is 2.17. The number of amides is 1. The summed E-state index contributed by atoms with van der Waals surface area (Å²) >= 11 is 0. The van der Waals surface area contributed by atoms with Crippen LogP contribution < -0.4 is 0 Å². The lowest BCUT2D eigenvalue weighted by molar-refractivity contribution is -0.137. The summed E-state index contributed by atoms with van der Waals surface area (Å²) in [5.41, 5.74) is 0.179. The molecule has 0 spiro atoms. The van der Waals surface area contributed by atoms with Crippen molar-refractivity contribution in [3.63, 3.8) is 0 Å². The summed E-state index contributed by atoms with van der Waals surface area (Å²) in [5.74, 6) is -1.32. The molecule has 0 aromatic carbocycles. The van der Waals surface area contributed by atoms with E-state index in [1.54, 1.807) is 0 Å². The van der Waals surface area contributed by atoms with Gasteiger partial charge in [0.15, 0.2) is 0 Å². The van der Waals surface area contributed by atoms with E-state index in [0.29, 0.717) is 6.42 Å². The number of carboxylic acids is 1. The van der Waals surface area contributed by atoms with E-state index < -0.39 is 24.8 Å². The van der Waals surface area contributed by atoms with Crippen molar-refractivity contribution in [2.75, 3.05) is 13.6 Å². The summed E-state index contributed by atoms with van der Waals surface area (Å²) in [7, 11) is 1.52. The van der Waals surface area contributed by atoms with Gasteiger partial charge in [-0.3, -0.25) is 9.59 Å². The number of hydrogen-bond acceptors (Lipinski definition) is 2. The van der Waals surface area contributed by atoms with Gasteiger partial charge in [0, 0.05) is 26.2 Å². The minimum atomic E-state index is -2.53. The van der Waals surface area contributed by atoms with Gasteiger partial charge in [-0.2, -0.15) is 0 Å². The van der Waals surface area contributed by atoms with Gasteiger partial charge in [-0.25, -0.2) is 8.78 Å². The van der Waals surface area contributed by atoms with Crippen LogP contribution in [0.5, 0.6) is 0 Å². The normalized spacial score (nSPS) is 10.7. The lowest BCUT2D eigenvalue weighted by atomic mass is 10.3. The van der Waals surface area contributed by atoms with Gasteiger partial charge in [0.25, 0.3) is 12.3 Å². The van der Waals surface area contributed by atoms with Gasteiger partial charge in [-0.15, -0.1) is 0 Å². The quantitative estimate of drug-likeness (QED) is 0.823. The predicted molar refractivity (Wildman–Crippen MR) is 64.3 cm³/mol. The highest BCUT2D eigenvalue weighted by molar-refractivity contribution is 5.92. The summed E-state index contributed by atoms with van der Waals surface area (Å²) in [6.45, 7) is -0.262. The standard InChI is InChI=1S/C12H16F2N2O3/c1-15(6-3-5-11(17)18)12(19)9-4-2-7-16(9)8-10(13)14/h2,4,7,10H,3,5-6,8H2,1H3,(H,17,18). The van der Waals surface area contributed by atoms with Crippen molar-refractivity contribution in [1.29, 1.82) is 0 Å². The van der Waals surface area contributed by atoms with Crippen LogP contribution in [-0.2, 0) is 11.3 Å². The largest absolute Gasteiger partial charge is 0.481 e. The van der Waals surface area contributed by atoms with Gasteiger partial charge in [-0.1, -0.05) is 0 Å². The summed E-state index contributed by atoms with van der Waals surface area (Å²) in [6.07, 6.45) is -0.816. The number of halogens is 2. The van der Waals surface area contributed by atoms with E-state index in [2.05, 4.69) is 0 Å². The van der Waals surface area contributed by atoms with Gasteiger partial charge in [0.1, 0.15) is 5.69 Å². The molecule has 0 aliphatic heterocycles. The molecule has 0 aliphatic carbocycles. The van der Waals surface area contributed by atoms with E-state index in [1.165, 1.54) is 34.8 Å². The molecule has 0 bridgehead atoms. The van der Waals surface area contributed by atoms with E-state index in [-0.39, 0.29) is 18.7 Å². The fourth-order valence-electron chi connectivity index (χ4n) is 1.68. The Morgan fingerprint density at radius 2 is 2.16 bits per heavy atom. The first kappa shape index (κ1) is 15.1. The third-order valence-corrected chi connectivity index (χ3v) is 2.61. The van der Waals surface area contributed by atoms with E-state index in [9.17, 15) is 18.4 Å². The number of carbonyl (C=O) groups excluding carboxylic acids is 1. The Balaban J connectivity index is 2.61. The number of aliphatic carboxylic acids is 1. The highest BCUT2D eigenvalue weighted by Crippen LogP contribution is 2.09. The monoisotopic (exact) mass is 274 g/mol. The molecule has 0 atom stereocenters. The molecular formula is C12H16F2N2O3. The zero-order valence-corrected chi connectivity index (χ0v) is 10.6. The Hall–Kier alpha value is -1.92. The molecule has 5 nitrogen and oxygen atoms in total. The molecule has 0 unspecified atom stereocenters. The highest BCUT2D eigenvalue weighted by atomic mass is 19.3. The predicted octanol–water partition coefficient (Wildman–Crippen LogP) is 1.69. The Morgan fingerprint density at radius 1 is 1.47 bits per heavy atom. The third-order valence-electron chi connectivity index (χ3n) is 2.61. The van der Waals surface area contributed by atoms with Crippen LogP contribution in [0.3, 0.4) is 0 Å². The SMILES string of the molecule is CN(CCCC(=O)O)C(=O)c1cccn1CC(F)F. The molecule has 1 rings (SSSR count). The second-order valence-electron chi connectivity index (χ2n) is 4.16. The van der Waals surface area contributed by atoms with Crippen LogP contribution in [0.15, 0.2) is 18.3 Å². The number of alkyl halides is 2. The van der Waals surface area contributed by atoms with Crippen LogP contribution in [0.25, 0.3) is 0 Å². The van der Waals surface area contributed by atoms with Crippen LogP contribution in [0.2, 0.25) is 0 Å². The fraction of sp³-hybridized carbons (Fsp3) is 0.500. The molecule has 0 radical (unpaired) electrons. The first-order valence-electron chi connectivity index (χ1n) is 5.82. The van der Waals surface area contributed by atoms with Crippen LogP contribution >= 0.6 is 0 Å². The number of carboxylic acid groups (broad SMARTS) is 1. The summed E-state index contributed by atoms with van der Waals surface area (Å²) < 4.78 is 25.8. The molecule has 0 fully saturated rings. The molecule has 1 amide bonds. The molecule has 0 aliphatic rings. The van der Waals surface area contributed by atoms with E-state index in [0.717, 1.165) is 0 Å². The number of carbonyl (C=O) groups is 2.